The number of aromatic amines is 1. The van der Waals surface area contributed by atoms with E-state index < -0.39 is 0 Å². The second kappa shape index (κ2) is 8.93. The second-order valence-corrected chi connectivity index (χ2v) is 9.96. The highest BCUT2D eigenvalue weighted by molar-refractivity contribution is 6.42. The summed E-state index contributed by atoms with van der Waals surface area (Å²) in [5.74, 6) is 0. The van der Waals surface area contributed by atoms with Crippen LogP contribution < -0.4 is 5.32 Å². The van der Waals surface area contributed by atoms with Crippen LogP contribution in [-0.4, -0.2) is 52.0 Å². The van der Waals surface area contributed by atoms with Crippen molar-refractivity contribution in [3.8, 4) is 0 Å². The number of carbonyl (C=O) groups is 1. The summed E-state index contributed by atoms with van der Waals surface area (Å²) >= 11 is 12.2. The van der Waals surface area contributed by atoms with Gasteiger partial charge in [0.2, 0.25) is 0 Å². The molecular formula is C24H27Cl2N5O. The fraction of sp³-hybridized carbons (Fsp3) is 0.417. The number of imidazole rings is 1. The van der Waals surface area contributed by atoms with Crippen molar-refractivity contribution in [3.05, 3.63) is 63.9 Å². The Hall–Kier alpha value is -2.28. The van der Waals surface area contributed by atoms with E-state index in [4.69, 9.17) is 23.2 Å². The zero-order chi connectivity index (χ0) is 22.1. The summed E-state index contributed by atoms with van der Waals surface area (Å²) in [6.45, 7) is 5.06. The molecule has 1 aromatic heterocycles. The monoisotopic (exact) mass is 471 g/mol. The van der Waals surface area contributed by atoms with E-state index in [1.165, 1.54) is 12.0 Å². The Morgan fingerprint density at radius 3 is 2.81 bits per heavy atom. The quantitative estimate of drug-likeness (QED) is 0.558. The number of fused-ring (bicyclic) bond motifs is 1. The van der Waals surface area contributed by atoms with Crippen molar-refractivity contribution in [2.75, 3.05) is 26.2 Å². The topological polar surface area (TPSA) is 64.3 Å². The van der Waals surface area contributed by atoms with Crippen molar-refractivity contribution in [1.29, 1.82) is 0 Å². The van der Waals surface area contributed by atoms with Gasteiger partial charge in [-0.1, -0.05) is 35.3 Å². The number of halogens is 2. The molecule has 6 nitrogen and oxygen atoms in total. The number of carbonyl (C=O) groups excluding carboxylic acids is 1. The predicted molar refractivity (Wildman–Crippen MR) is 128 cm³/mol. The smallest absolute Gasteiger partial charge is 0.317 e. The fourth-order valence-electron chi connectivity index (χ4n) is 5.16. The molecular weight excluding hydrogens is 445 g/mol. The molecule has 0 aliphatic carbocycles. The van der Waals surface area contributed by atoms with Crippen LogP contribution in [0.2, 0.25) is 10.0 Å². The molecule has 2 fully saturated rings. The maximum atomic E-state index is 12.9. The van der Waals surface area contributed by atoms with Crippen molar-refractivity contribution >= 4 is 40.3 Å². The number of nitrogens with zero attached hydrogens (tertiary/aromatic N) is 3. The van der Waals surface area contributed by atoms with Crippen LogP contribution >= 0.6 is 23.2 Å². The molecule has 2 aromatic carbocycles. The third kappa shape index (κ3) is 4.58. The first-order valence-corrected chi connectivity index (χ1v) is 11.9. The first-order valence-electron chi connectivity index (χ1n) is 11.1. The van der Waals surface area contributed by atoms with Gasteiger partial charge >= 0.3 is 6.03 Å². The highest BCUT2D eigenvalue weighted by Gasteiger charge is 2.42. The zero-order valence-corrected chi connectivity index (χ0v) is 19.4. The van der Waals surface area contributed by atoms with Gasteiger partial charge in [-0.25, -0.2) is 9.78 Å². The van der Waals surface area contributed by atoms with Crippen molar-refractivity contribution in [2.24, 2.45) is 5.41 Å². The summed E-state index contributed by atoms with van der Waals surface area (Å²) in [7, 11) is 0. The Morgan fingerprint density at radius 2 is 1.94 bits per heavy atom. The van der Waals surface area contributed by atoms with Gasteiger partial charge in [-0.05, 0) is 61.2 Å². The number of rotatable bonds is 4. The predicted octanol–water partition coefficient (Wildman–Crippen LogP) is 5.07. The lowest BCUT2D eigenvalue weighted by Gasteiger charge is -2.40. The third-order valence-corrected chi connectivity index (χ3v) is 7.52. The third-order valence-electron chi connectivity index (χ3n) is 6.78. The number of H-pyrrole nitrogens is 1. The maximum Gasteiger partial charge on any atom is 0.317 e. The van der Waals surface area contributed by atoms with Crippen molar-refractivity contribution in [3.63, 3.8) is 0 Å². The molecule has 0 saturated carbocycles. The number of likely N-dealkylation sites (tertiary alicyclic amines) is 2. The average molecular weight is 472 g/mol. The van der Waals surface area contributed by atoms with Crippen LogP contribution in [0.1, 0.15) is 30.4 Å². The summed E-state index contributed by atoms with van der Waals surface area (Å²) in [5.41, 5.74) is 4.35. The lowest BCUT2D eigenvalue weighted by atomic mass is 9.79. The molecule has 1 unspecified atom stereocenters. The van der Waals surface area contributed by atoms with Crippen LogP contribution in [0.15, 0.2) is 42.7 Å². The molecule has 2 saturated heterocycles. The number of urea groups is 1. The van der Waals surface area contributed by atoms with Crippen LogP contribution in [0.3, 0.4) is 0 Å². The van der Waals surface area contributed by atoms with Gasteiger partial charge in [-0.3, -0.25) is 4.90 Å². The molecule has 2 aliphatic heterocycles. The molecule has 2 amide bonds. The molecule has 168 valence electrons. The molecule has 32 heavy (non-hydrogen) atoms. The largest absolute Gasteiger partial charge is 0.345 e. The molecule has 1 atom stereocenters. The van der Waals surface area contributed by atoms with Crippen molar-refractivity contribution in [1.82, 2.24) is 25.1 Å². The summed E-state index contributed by atoms with van der Waals surface area (Å²) < 4.78 is 0. The highest BCUT2D eigenvalue weighted by Crippen LogP contribution is 2.39. The molecule has 8 heteroatoms. The first kappa shape index (κ1) is 21.6. The molecule has 5 rings (SSSR count). The minimum absolute atomic E-state index is 0.0247. The number of benzene rings is 2. The fourth-order valence-corrected chi connectivity index (χ4v) is 5.48. The summed E-state index contributed by atoms with van der Waals surface area (Å²) in [6.07, 6.45) is 5.03. The minimum Gasteiger partial charge on any atom is -0.345 e. The van der Waals surface area contributed by atoms with Gasteiger partial charge in [0.25, 0.3) is 0 Å². The standard InChI is InChI=1S/C24H27Cl2N5O/c25-19-4-2-18(10-20(19)26)13-30-9-7-24(14-30)6-1-8-31(15-24)23(32)27-12-17-3-5-21-22(11-17)29-16-28-21/h2-5,10-11,16H,1,6-9,12-15H2,(H,27,32)(H,28,29). The highest BCUT2D eigenvalue weighted by atomic mass is 35.5. The van der Waals surface area contributed by atoms with E-state index in [1.54, 1.807) is 6.33 Å². The van der Waals surface area contributed by atoms with Gasteiger partial charge in [-0.2, -0.15) is 0 Å². The second-order valence-electron chi connectivity index (χ2n) is 9.15. The van der Waals surface area contributed by atoms with E-state index in [-0.39, 0.29) is 11.4 Å². The van der Waals surface area contributed by atoms with Crippen molar-refractivity contribution in [2.45, 2.75) is 32.4 Å². The molecule has 2 N–H and O–H groups in total. The average Bonchev–Trinajstić information content (AvgIpc) is 3.41. The number of amides is 2. The van der Waals surface area contributed by atoms with E-state index in [9.17, 15) is 4.79 Å². The first-order chi connectivity index (χ1) is 15.5. The van der Waals surface area contributed by atoms with Crippen LogP contribution in [0.5, 0.6) is 0 Å². The Bertz CT molecular complexity index is 1130. The van der Waals surface area contributed by atoms with Gasteiger partial charge in [-0.15, -0.1) is 0 Å². The molecule has 0 radical (unpaired) electrons. The Morgan fingerprint density at radius 1 is 1.06 bits per heavy atom. The molecule has 3 heterocycles. The SMILES string of the molecule is O=C(NCc1ccc2nc[nH]c2c1)N1CCCC2(CCN(Cc3ccc(Cl)c(Cl)c3)C2)C1. The van der Waals surface area contributed by atoms with E-state index in [0.717, 1.165) is 62.2 Å². The summed E-state index contributed by atoms with van der Waals surface area (Å²) in [4.78, 5) is 24.8. The van der Waals surface area contributed by atoms with E-state index >= 15 is 0 Å². The Kier molecular flexibility index (Phi) is 6.01. The van der Waals surface area contributed by atoms with Gasteiger partial charge in [0, 0.05) is 38.1 Å². The van der Waals surface area contributed by atoms with Gasteiger partial charge in [0.15, 0.2) is 0 Å². The number of hydrogen-bond donors (Lipinski definition) is 2. The number of nitrogens with one attached hydrogen (secondary N) is 2. The van der Waals surface area contributed by atoms with Gasteiger partial charge in [0.05, 0.1) is 27.4 Å². The zero-order valence-electron chi connectivity index (χ0n) is 17.9. The minimum atomic E-state index is 0.0247. The lowest BCUT2D eigenvalue weighted by molar-refractivity contribution is 0.107. The molecule has 1 spiro atoms. The summed E-state index contributed by atoms with van der Waals surface area (Å²) in [6, 6.07) is 11.9. The van der Waals surface area contributed by atoms with Crippen LogP contribution in [0.4, 0.5) is 4.79 Å². The van der Waals surface area contributed by atoms with Gasteiger partial charge in [0.1, 0.15) is 0 Å². The van der Waals surface area contributed by atoms with Gasteiger partial charge < -0.3 is 15.2 Å². The van der Waals surface area contributed by atoms with E-state index in [1.807, 2.05) is 41.3 Å². The summed E-state index contributed by atoms with van der Waals surface area (Å²) in [5, 5.41) is 4.30. The number of aromatic nitrogens is 2. The molecule has 3 aromatic rings. The molecule has 0 bridgehead atoms. The number of piperidine rings is 1. The lowest BCUT2D eigenvalue weighted by Crippen LogP contribution is -2.50. The van der Waals surface area contributed by atoms with E-state index in [0.29, 0.717) is 16.6 Å². The maximum absolute atomic E-state index is 12.9. The normalized spacial score (nSPS) is 21.5. The Balaban J connectivity index is 1.17. The number of hydrogen-bond acceptors (Lipinski definition) is 3. The Labute approximate surface area is 197 Å². The van der Waals surface area contributed by atoms with Crippen LogP contribution in [0.25, 0.3) is 11.0 Å². The van der Waals surface area contributed by atoms with Crippen LogP contribution in [-0.2, 0) is 13.1 Å². The van der Waals surface area contributed by atoms with Crippen molar-refractivity contribution < 1.29 is 4.79 Å². The van der Waals surface area contributed by atoms with Crippen LogP contribution in [0, 0.1) is 5.41 Å². The van der Waals surface area contributed by atoms with E-state index in [2.05, 4.69) is 20.2 Å². The molecule has 2 aliphatic rings.